The van der Waals surface area contributed by atoms with E-state index in [9.17, 15) is 13.5 Å². The number of aliphatic hydroxyl groups is 1. The van der Waals surface area contributed by atoms with Crippen molar-refractivity contribution in [1.82, 2.24) is 3.97 Å². The summed E-state index contributed by atoms with van der Waals surface area (Å²) in [6.45, 7) is 2.02. The van der Waals surface area contributed by atoms with Crippen LogP contribution in [0.2, 0.25) is 5.02 Å². The Labute approximate surface area is 190 Å². The maximum Gasteiger partial charge on any atom is 0.268 e. The molecular formula is C24H21ClN2O4S. The molecule has 3 aromatic carbocycles. The molecule has 0 saturated carbocycles. The molecule has 5 rings (SSSR count). The number of halogens is 1. The molecule has 1 aliphatic rings. The second kappa shape index (κ2) is 7.64. The maximum absolute atomic E-state index is 13.8. The van der Waals surface area contributed by atoms with Gasteiger partial charge in [-0.2, -0.15) is 0 Å². The van der Waals surface area contributed by atoms with Gasteiger partial charge in [0.25, 0.3) is 10.0 Å². The van der Waals surface area contributed by atoms with E-state index in [1.54, 1.807) is 54.6 Å². The van der Waals surface area contributed by atoms with Gasteiger partial charge in [-0.15, -0.1) is 0 Å². The third-order valence-electron chi connectivity index (χ3n) is 5.72. The Kier molecular flexibility index (Phi) is 5.02. The molecule has 2 heterocycles. The van der Waals surface area contributed by atoms with Crippen molar-refractivity contribution >= 4 is 32.5 Å². The fraction of sp³-hybridized carbons (Fsp3) is 0.167. The summed E-state index contributed by atoms with van der Waals surface area (Å²) in [6.07, 6.45) is 0. The second-order valence-electron chi connectivity index (χ2n) is 7.95. The lowest BCUT2D eigenvalue weighted by Crippen LogP contribution is -2.14. The highest BCUT2D eigenvalue weighted by atomic mass is 35.5. The molecule has 0 fully saturated rings. The van der Waals surface area contributed by atoms with Crippen LogP contribution in [-0.4, -0.2) is 24.1 Å². The van der Waals surface area contributed by atoms with Gasteiger partial charge < -0.3 is 15.6 Å². The van der Waals surface area contributed by atoms with Crippen LogP contribution in [0.15, 0.2) is 65.6 Å². The monoisotopic (exact) mass is 468 g/mol. The van der Waals surface area contributed by atoms with E-state index in [0.717, 1.165) is 11.1 Å². The first-order valence-electron chi connectivity index (χ1n) is 10.1. The minimum absolute atomic E-state index is 0.171. The molecule has 1 aromatic heterocycles. The van der Waals surface area contributed by atoms with Crippen molar-refractivity contribution in [3.8, 4) is 17.0 Å². The van der Waals surface area contributed by atoms with Gasteiger partial charge in [0.05, 0.1) is 28.8 Å². The van der Waals surface area contributed by atoms with Crippen molar-refractivity contribution in [3.63, 3.8) is 0 Å². The minimum atomic E-state index is -3.96. The Balaban J connectivity index is 1.86. The lowest BCUT2D eigenvalue weighted by molar-refractivity contribution is 0.282. The molecular weight excluding hydrogens is 448 g/mol. The molecule has 6 nitrogen and oxygen atoms in total. The van der Waals surface area contributed by atoms with Gasteiger partial charge in [-0.1, -0.05) is 35.4 Å². The zero-order valence-corrected chi connectivity index (χ0v) is 18.8. The zero-order valence-electron chi connectivity index (χ0n) is 17.2. The summed E-state index contributed by atoms with van der Waals surface area (Å²) in [7, 11) is -3.96. The van der Waals surface area contributed by atoms with Crippen molar-refractivity contribution in [2.75, 3.05) is 6.61 Å². The van der Waals surface area contributed by atoms with Gasteiger partial charge in [-0.3, -0.25) is 0 Å². The average molecular weight is 469 g/mol. The molecule has 0 bridgehead atoms. The highest BCUT2D eigenvalue weighted by Crippen LogP contribution is 2.42. The van der Waals surface area contributed by atoms with Gasteiger partial charge in [0.15, 0.2) is 0 Å². The van der Waals surface area contributed by atoms with Gasteiger partial charge in [-0.05, 0) is 55.0 Å². The zero-order chi connectivity index (χ0) is 22.6. The van der Waals surface area contributed by atoms with Crippen molar-refractivity contribution in [2.24, 2.45) is 5.73 Å². The van der Waals surface area contributed by atoms with Crippen LogP contribution >= 0.6 is 11.6 Å². The predicted octanol–water partition coefficient (Wildman–Crippen LogP) is 4.39. The first kappa shape index (κ1) is 21.0. The summed E-state index contributed by atoms with van der Waals surface area (Å²) in [5.41, 5.74) is 10.0. The highest BCUT2D eigenvalue weighted by Gasteiger charge is 2.29. The smallest absolute Gasteiger partial charge is 0.268 e. The fourth-order valence-corrected chi connectivity index (χ4v) is 5.91. The predicted molar refractivity (Wildman–Crippen MR) is 124 cm³/mol. The number of nitrogens with zero attached hydrogens (tertiary/aromatic N) is 1. The molecule has 0 radical (unpaired) electrons. The Morgan fingerprint density at radius 2 is 1.88 bits per heavy atom. The van der Waals surface area contributed by atoms with E-state index in [-0.39, 0.29) is 17.5 Å². The number of ether oxygens (including phenoxy) is 1. The van der Waals surface area contributed by atoms with Crippen LogP contribution in [0, 0.1) is 6.92 Å². The van der Waals surface area contributed by atoms with Crippen LogP contribution in [0.5, 0.6) is 5.75 Å². The van der Waals surface area contributed by atoms with E-state index >= 15 is 0 Å². The number of aryl methyl sites for hydroxylation is 1. The van der Waals surface area contributed by atoms with E-state index in [1.165, 1.54) is 3.97 Å². The van der Waals surface area contributed by atoms with Gasteiger partial charge in [0.2, 0.25) is 0 Å². The quantitative estimate of drug-likeness (QED) is 0.463. The van der Waals surface area contributed by atoms with Crippen molar-refractivity contribution in [1.29, 1.82) is 0 Å². The number of aliphatic hydroxyl groups excluding tert-OH is 1. The lowest BCUT2D eigenvalue weighted by Gasteiger charge is -2.14. The molecule has 164 valence electrons. The first-order chi connectivity index (χ1) is 15.3. The number of nitrogens with two attached hydrogens (primary N) is 1. The lowest BCUT2D eigenvalue weighted by atomic mass is 10.1. The summed E-state index contributed by atoms with van der Waals surface area (Å²) in [5.74, 6) is 0.596. The van der Waals surface area contributed by atoms with Crippen molar-refractivity contribution in [3.05, 3.63) is 82.4 Å². The normalized spacial score (nSPS) is 15.7. The molecule has 0 aliphatic carbocycles. The molecule has 1 aliphatic heterocycles. The number of hydrogen-bond donors (Lipinski definition) is 2. The molecule has 1 atom stereocenters. The molecule has 1 unspecified atom stereocenters. The van der Waals surface area contributed by atoms with Gasteiger partial charge in [0, 0.05) is 21.5 Å². The van der Waals surface area contributed by atoms with Crippen molar-refractivity contribution in [2.45, 2.75) is 24.5 Å². The Hall–Kier alpha value is -2.84. The molecule has 3 N–H and O–H groups in total. The number of rotatable bonds is 4. The van der Waals surface area contributed by atoms with Crippen molar-refractivity contribution < 1.29 is 18.3 Å². The number of hydrogen-bond acceptors (Lipinski definition) is 5. The SMILES string of the molecule is Cc1ccc(S(=O)(=O)n2c(-c3cc(Cl)cc(CO)c3)cc3c4c(ccc32)C(N)CO4)cc1. The molecule has 32 heavy (non-hydrogen) atoms. The second-order valence-corrected chi connectivity index (χ2v) is 10.2. The third-order valence-corrected chi connectivity index (χ3v) is 7.68. The summed E-state index contributed by atoms with van der Waals surface area (Å²) in [5, 5.41) is 10.7. The first-order valence-corrected chi connectivity index (χ1v) is 11.9. The molecule has 0 amide bonds. The summed E-state index contributed by atoms with van der Waals surface area (Å²) in [6, 6.07) is 16.9. The topological polar surface area (TPSA) is 94.5 Å². The van der Waals surface area contributed by atoms with Crippen LogP contribution in [0.3, 0.4) is 0 Å². The molecule has 4 aromatic rings. The fourth-order valence-electron chi connectivity index (χ4n) is 4.13. The average Bonchev–Trinajstić information content (AvgIpc) is 3.35. The van der Waals surface area contributed by atoms with Crippen LogP contribution in [0.4, 0.5) is 0 Å². The van der Waals surface area contributed by atoms with E-state index < -0.39 is 10.0 Å². The number of benzene rings is 3. The standard InChI is InChI=1S/C24H21ClN2O4S/c1-14-2-4-18(5-3-14)32(29,30)27-22-7-6-19-21(26)13-31-24(19)20(22)11-23(27)16-8-15(12-28)9-17(25)10-16/h2-11,21,28H,12-13,26H2,1H3. The maximum atomic E-state index is 13.8. The van der Waals surface area contributed by atoms with Crippen LogP contribution in [0.1, 0.15) is 22.7 Å². The van der Waals surface area contributed by atoms with E-state index in [4.69, 9.17) is 22.1 Å². The van der Waals surface area contributed by atoms with E-state index in [2.05, 4.69) is 0 Å². The van der Waals surface area contributed by atoms with Crippen LogP contribution < -0.4 is 10.5 Å². The molecule has 0 spiro atoms. The van der Waals surface area contributed by atoms with Gasteiger partial charge in [0.1, 0.15) is 12.4 Å². The summed E-state index contributed by atoms with van der Waals surface area (Å²) < 4.78 is 34.8. The minimum Gasteiger partial charge on any atom is -0.491 e. The van der Waals surface area contributed by atoms with E-state index in [1.807, 2.05) is 13.0 Å². The van der Waals surface area contributed by atoms with E-state index in [0.29, 0.717) is 45.1 Å². The number of fused-ring (bicyclic) bond motifs is 3. The molecule has 8 heteroatoms. The van der Waals surface area contributed by atoms with Gasteiger partial charge in [-0.25, -0.2) is 12.4 Å². The molecule has 0 saturated heterocycles. The van der Waals surface area contributed by atoms with Crippen LogP contribution in [0.25, 0.3) is 22.2 Å². The highest BCUT2D eigenvalue weighted by molar-refractivity contribution is 7.90. The Bertz CT molecular complexity index is 1460. The Morgan fingerprint density at radius 1 is 1.12 bits per heavy atom. The third kappa shape index (κ3) is 3.29. The van der Waals surface area contributed by atoms with Gasteiger partial charge >= 0.3 is 0 Å². The number of aromatic nitrogens is 1. The summed E-state index contributed by atoms with van der Waals surface area (Å²) in [4.78, 5) is 0.171. The summed E-state index contributed by atoms with van der Waals surface area (Å²) >= 11 is 6.28. The Morgan fingerprint density at radius 3 is 2.59 bits per heavy atom. The largest absolute Gasteiger partial charge is 0.491 e. The van der Waals surface area contributed by atoms with Crippen LogP contribution in [-0.2, 0) is 16.6 Å².